The zero-order valence-electron chi connectivity index (χ0n) is 10.7. The summed E-state index contributed by atoms with van der Waals surface area (Å²) in [6.45, 7) is 3.38. The maximum Gasteiger partial charge on any atom is 0.0648 e. The number of hydrogen-bond acceptors (Lipinski definition) is 2. The Hall–Kier alpha value is -0.250. The molecule has 0 bridgehead atoms. The molecule has 2 nitrogen and oxygen atoms in total. The molecule has 0 amide bonds. The lowest BCUT2D eigenvalue weighted by molar-refractivity contribution is 0.371. The first-order valence-electron chi connectivity index (χ1n) is 6.60. The highest BCUT2D eigenvalue weighted by Gasteiger charge is 2.16. The van der Waals surface area contributed by atoms with E-state index in [9.17, 15) is 0 Å². The molecule has 0 aromatic heterocycles. The molecule has 1 saturated heterocycles. The second kappa shape index (κ2) is 6.78. The fourth-order valence-electron chi connectivity index (χ4n) is 2.48. The molecule has 100 valence electrons. The van der Waals surface area contributed by atoms with Crippen molar-refractivity contribution in [2.45, 2.75) is 44.7 Å². The van der Waals surface area contributed by atoms with Gasteiger partial charge in [-0.3, -0.25) is 0 Å². The minimum Gasteiger partial charge on any atom is -0.381 e. The Kier molecular flexibility index (Phi) is 5.34. The zero-order chi connectivity index (χ0) is 13.0. The average molecular weight is 332 g/mol. The van der Waals surface area contributed by atoms with Crippen molar-refractivity contribution in [1.82, 2.24) is 5.32 Å². The van der Waals surface area contributed by atoms with Crippen molar-refractivity contribution in [3.63, 3.8) is 0 Å². The lowest BCUT2D eigenvalue weighted by Crippen LogP contribution is -2.37. The molecule has 0 radical (unpaired) electrons. The summed E-state index contributed by atoms with van der Waals surface area (Å²) in [5, 5.41) is 7.84. The molecule has 0 aliphatic carbocycles. The van der Waals surface area contributed by atoms with Gasteiger partial charge in [-0.25, -0.2) is 0 Å². The molecular weight excluding hydrogens is 312 g/mol. The largest absolute Gasteiger partial charge is 0.381 e. The molecular formula is C14H20BrClN2. The van der Waals surface area contributed by atoms with Crippen LogP contribution in [0.4, 0.5) is 5.69 Å². The highest BCUT2D eigenvalue weighted by Crippen LogP contribution is 2.26. The van der Waals surface area contributed by atoms with Crippen molar-refractivity contribution in [3.05, 3.63) is 27.7 Å². The van der Waals surface area contributed by atoms with Gasteiger partial charge in [0.2, 0.25) is 0 Å². The summed E-state index contributed by atoms with van der Waals surface area (Å²) in [6.07, 6.45) is 5.10. The van der Waals surface area contributed by atoms with Crippen LogP contribution in [0.3, 0.4) is 0 Å². The van der Waals surface area contributed by atoms with Crippen LogP contribution in [-0.2, 0) is 0 Å². The van der Waals surface area contributed by atoms with E-state index in [0.717, 1.165) is 28.1 Å². The molecule has 1 fully saturated rings. The van der Waals surface area contributed by atoms with Gasteiger partial charge in [0, 0.05) is 16.6 Å². The number of anilines is 1. The van der Waals surface area contributed by atoms with E-state index in [0.29, 0.717) is 12.1 Å². The lowest BCUT2D eigenvalue weighted by atomic mass is 9.99. The van der Waals surface area contributed by atoms with Crippen LogP contribution in [-0.4, -0.2) is 18.6 Å². The van der Waals surface area contributed by atoms with Crippen LogP contribution < -0.4 is 10.6 Å². The predicted molar refractivity (Wildman–Crippen MR) is 82.5 cm³/mol. The van der Waals surface area contributed by atoms with E-state index in [1.54, 1.807) is 0 Å². The Morgan fingerprint density at radius 2 is 2.33 bits per heavy atom. The second-order valence-corrected chi connectivity index (χ2v) is 6.37. The van der Waals surface area contributed by atoms with Gasteiger partial charge in [0.1, 0.15) is 0 Å². The maximum atomic E-state index is 6.21. The van der Waals surface area contributed by atoms with Gasteiger partial charge >= 0.3 is 0 Å². The molecule has 2 N–H and O–H groups in total. The summed E-state index contributed by atoms with van der Waals surface area (Å²) in [5.74, 6) is 0. The van der Waals surface area contributed by atoms with Crippen molar-refractivity contribution in [1.29, 1.82) is 0 Å². The third-order valence-corrected chi connectivity index (χ3v) is 4.19. The Bertz CT molecular complexity index is 391. The Morgan fingerprint density at radius 3 is 3.00 bits per heavy atom. The molecule has 2 atom stereocenters. The predicted octanol–water partition coefficient (Wildman–Crippen LogP) is 4.44. The molecule has 1 aliphatic rings. The molecule has 1 aliphatic heterocycles. The lowest BCUT2D eigenvalue weighted by Gasteiger charge is -2.27. The minimum absolute atomic E-state index is 0.430. The summed E-state index contributed by atoms with van der Waals surface area (Å²) in [4.78, 5) is 0. The number of halogens is 2. The molecule has 0 spiro atoms. The van der Waals surface area contributed by atoms with Gasteiger partial charge in [-0.05, 0) is 50.9 Å². The summed E-state index contributed by atoms with van der Waals surface area (Å²) >= 11 is 9.63. The van der Waals surface area contributed by atoms with E-state index in [-0.39, 0.29) is 0 Å². The third kappa shape index (κ3) is 4.15. The molecule has 1 aromatic carbocycles. The van der Waals surface area contributed by atoms with Gasteiger partial charge in [0.05, 0.1) is 10.7 Å². The van der Waals surface area contributed by atoms with E-state index in [1.165, 1.54) is 19.3 Å². The van der Waals surface area contributed by atoms with E-state index in [4.69, 9.17) is 11.6 Å². The maximum absolute atomic E-state index is 6.21. The van der Waals surface area contributed by atoms with Crippen LogP contribution in [0.5, 0.6) is 0 Å². The fraction of sp³-hybridized carbons (Fsp3) is 0.571. The highest BCUT2D eigenvalue weighted by atomic mass is 79.9. The number of piperidine rings is 1. The van der Waals surface area contributed by atoms with Crippen LogP contribution in [0.15, 0.2) is 22.7 Å². The van der Waals surface area contributed by atoms with Crippen LogP contribution >= 0.6 is 27.5 Å². The molecule has 4 heteroatoms. The Labute approximate surface area is 123 Å². The van der Waals surface area contributed by atoms with Crippen molar-refractivity contribution < 1.29 is 0 Å². The monoisotopic (exact) mass is 330 g/mol. The molecule has 18 heavy (non-hydrogen) atoms. The first-order chi connectivity index (χ1) is 8.65. The number of rotatable bonds is 4. The van der Waals surface area contributed by atoms with Gasteiger partial charge in [0.25, 0.3) is 0 Å². The van der Waals surface area contributed by atoms with E-state index < -0.39 is 0 Å². The van der Waals surface area contributed by atoms with Crippen LogP contribution in [0.25, 0.3) is 0 Å². The third-order valence-electron chi connectivity index (χ3n) is 3.38. The summed E-state index contributed by atoms with van der Waals surface area (Å²) in [7, 11) is 0. The first kappa shape index (κ1) is 14.2. The SMILES string of the molecule is CC(CC1CCCCN1)Nc1ccc(Br)cc1Cl. The minimum atomic E-state index is 0.430. The van der Waals surface area contributed by atoms with Crippen LogP contribution in [0, 0.1) is 0 Å². The number of nitrogens with one attached hydrogen (secondary N) is 2. The first-order valence-corrected chi connectivity index (χ1v) is 7.77. The molecule has 0 saturated carbocycles. The van der Waals surface area contributed by atoms with E-state index in [1.807, 2.05) is 18.2 Å². The summed E-state index contributed by atoms with van der Waals surface area (Å²) in [5.41, 5.74) is 1.02. The van der Waals surface area contributed by atoms with E-state index in [2.05, 4.69) is 33.5 Å². The van der Waals surface area contributed by atoms with Gasteiger partial charge in [-0.1, -0.05) is 34.0 Å². The molecule has 2 unspecified atom stereocenters. The fourth-order valence-corrected chi connectivity index (χ4v) is 3.21. The summed E-state index contributed by atoms with van der Waals surface area (Å²) < 4.78 is 1.01. The van der Waals surface area contributed by atoms with Crippen molar-refractivity contribution in [3.8, 4) is 0 Å². The Morgan fingerprint density at radius 1 is 1.50 bits per heavy atom. The number of benzene rings is 1. The normalized spacial score (nSPS) is 21.6. The molecule has 1 heterocycles. The van der Waals surface area contributed by atoms with Crippen LogP contribution in [0.2, 0.25) is 5.02 Å². The van der Waals surface area contributed by atoms with Gasteiger partial charge in [-0.2, -0.15) is 0 Å². The van der Waals surface area contributed by atoms with Crippen molar-refractivity contribution in [2.24, 2.45) is 0 Å². The topological polar surface area (TPSA) is 24.1 Å². The van der Waals surface area contributed by atoms with Crippen LogP contribution in [0.1, 0.15) is 32.6 Å². The molecule has 2 rings (SSSR count). The van der Waals surface area contributed by atoms with Gasteiger partial charge in [-0.15, -0.1) is 0 Å². The number of hydrogen-bond donors (Lipinski definition) is 2. The standard InChI is InChI=1S/C14H20BrClN2/c1-10(8-12-4-2-3-7-17-12)18-14-6-5-11(15)9-13(14)16/h5-6,9-10,12,17-18H,2-4,7-8H2,1H3. The zero-order valence-corrected chi connectivity index (χ0v) is 13.0. The smallest absolute Gasteiger partial charge is 0.0648 e. The molecule has 1 aromatic rings. The van der Waals surface area contributed by atoms with E-state index >= 15 is 0 Å². The quantitative estimate of drug-likeness (QED) is 0.852. The van der Waals surface area contributed by atoms with Gasteiger partial charge in [0.15, 0.2) is 0 Å². The average Bonchev–Trinajstić information content (AvgIpc) is 2.34. The van der Waals surface area contributed by atoms with Crippen molar-refractivity contribution in [2.75, 3.05) is 11.9 Å². The van der Waals surface area contributed by atoms with Crippen molar-refractivity contribution >= 4 is 33.2 Å². The summed E-state index contributed by atoms with van der Waals surface area (Å²) in [6, 6.07) is 7.04. The Balaban J connectivity index is 1.87. The second-order valence-electron chi connectivity index (χ2n) is 5.05. The highest BCUT2D eigenvalue weighted by molar-refractivity contribution is 9.10. The van der Waals surface area contributed by atoms with Gasteiger partial charge < -0.3 is 10.6 Å².